The van der Waals surface area contributed by atoms with Gasteiger partial charge in [0.2, 0.25) is 5.91 Å². The number of rotatable bonds is 7. The van der Waals surface area contributed by atoms with E-state index in [2.05, 4.69) is 10.6 Å². The number of nitrogens with zero attached hydrogens (tertiary/aromatic N) is 1. The smallest absolute Gasteiger partial charge is 0.251 e. The van der Waals surface area contributed by atoms with Crippen LogP contribution in [0, 0.1) is 24.2 Å². The van der Waals surface area contributed by atoms with Gasteiger partial charge in [0.15, 0.2) is 0 Å². The highest BCUT2D eigenvalue weighted by Gasteiger charge is 2.22. The molecule has 1 aromatic carbocycles. The Morgan fingerprint density at radius 3 is 2.62 bits per heavy atom. The van der Waals surface area contributed by atoms with Crippen molar-refractivity contribution in [3.63, 3.8) is 0 Å². The summed E-state index contributed by atoms with van der Waals surface area (Å²) in [6.07, 6.45) is 0.507. The van der Waals surface area contributed by atoms with Crippen LogP contribution in [0.1, 0.15) is 35.5 Å². The molecule has 2 rings (SSSR count). The predicted octanol–water partition coefficient (Wildman–Crippen LogP) is 3.51. The van der Waals surface area contributed by atoms with Crippen LogP contribution in [0.3, 0.4) is 0 Å². The molecule has 0 saturated heterocycles. The largest absolute Gasteiger partial charge is 0.341 e. The Kier molecular flexibility index (Phi) is 6.93. The summed E-state index contributed by atoms with van der Waals surface area (Å²) in [5, 5.41) is 13.9. The van der Waals surface area contributed by atoms with Crippen LogP contribution in [0.5, 0.6) is 0 Å². The highest BCUT2D eigenvalue weighted by molar-refractivity contribution is 7.15. The van der Waals surface area contributed by atoms with E-state index in [0.717, 1.165) is 10.4 Å². The summed E-state index contributed by atoms with van der Waals surface area (Å²) in [6, 6.07) is 12.7. The van der Waals surface area contributed by atoms with Crippen molar-refractivity contribution in [3.05, 3.63) is 46.8 Å². The lowest BCUT2D eigenvalue weighted by atomic mass is 10.0. The first-order valence-electron chi connectivity index (χ1n) is 8.53. The second kappa shape index (κ2) is 9.16. The molecule has 0 aliphatic heterocycles. The normalized spacial score (nSPS) is 11.7. The zero-order valence-electron chi connectivity index (χ0n) is 15.2. The second-order valence-electron chi connectivity index (χ2n) is 6.52. The van der Waals surface area contributed by atoms with Crippen LogP contribution in [-0.2, 0) is 4.79 Å². The van der Waals surface area contributed by atoms with E-state index in [1.54, 1.807) is 17.4 Å². The Hall–Kier alpha value is -2.65. The lowest BCUT2D eigenvalue weighted by Gasteiger charge is -2.19. The van der Waals surface area contributed by atoms with Crippen molar-refractivity contribution < 1.29 is 9.59 Å². The molecule has 0 unspecified atom stereocenters. The van der Waals surface area contributed by atoms with Crippen molar-refractivity contribution in [1.82, 2.24) is 10.6 Å². The average molecular weight is 369 g/mol. The number of carbonyl (C=O) groups excluding carboxylic acids is 2. The minimum Gasteiger partial charge on any atom is -0.341 e. The van der Waals surface area contributed by atoms with Gasteiger partial charge in [-0.05, 0) is 49.1 Å². The monoisotopic (exact) mass is 369 g/mol. The number of nitriles is 1. The van der Waals surface area contributed by atoms with Crippen molar-refractivity contribution in [2.75, 3.05) is 6.54 Å². The third-order valence-corrected chi connectivity index (χ3v) is 4.87. The Morgan fingerprint density at radius 1 is 1.23 bits per heavy atom. The van der Waals surface area contributed by atoms with Crippen molar-refractivity contribution in [1.29, 1.82) is 5.26 Å². The van der Waals surface area contributed by atoms with Gasteiger partial charge in [-0.25, -0.2) is 0 Å². The zero-order chi connectivity index (χ0) is 19.1. The lowest BCUT2D eigenvalue weighted by Crippen LogP contribution is -2.47. The Labute approximate surface area is 158 Å². The molecule has 0 fully saturated rings. The average Bonchev–Trinajstić information content (AvgIpc) is 3.05. The molecule has 26 heavy (non-hydrogen) atoms. The summed E-state index contributed by atoms with van der Waals surface area (Å²) >= 11 is 1.67. The van der Waals surface area contributed by atoms with Crippen LogP contribution in [0.25, 0.3) is 10.4 Å². The molecule has 0 bridgehead atoms. The van der Waals surface area contributed by atoms with Crippen LogP contribution in [0.2, 0.25) is 0 Å². The van der Waals surface area contributed by atoms with Crippen molar-refractivity contribution in [2.24, 2.45) is 5.92 Å². The first-order chi connectivity index (χ1) is 12.4. The standard InChI is InChI=1S/C20H23N3O2S/c1-13(2)11-17(20(25)22-10-9-21)23-19(24)16-6-4-5-15(12-16)18-8-7-14(3)26-18/h4-8,12-13,17H,10-11H2,1-3H3,(H,22,25)(H,23,24)/t17-/m0/s1. The van der Waals surface area contributed by atoms with Crippen LogP contribution >= 0.6 is 11.3 Å². The summed E-state index contributed by atoms with van der Waals surface area (Å²) in [7, 11) is 0. The fraction of sp³-hybridized carbons (Fsp3) is 0.350. The number of amides is 2. The van der Waals surface area contributed by atoms with Crippen molar-refractivity contribution >= 4 is 23.2 Å². The molecule has 1 heterocycles. The fourth-order valence-corrected chi connectivity index (χ4v) is 3.46. The van der Waals surface area contributed by atoms with Crippen LogP contribution in [0.4, 0.5) is 0 Å². The number of thiophene rings is 1. The quantitative estimate of drug-likeness (QED) is 0.733. The van der Waals surface area contributed by atoms with Gasteiger partial charge in [-0.15, -0.1) is 11.3 Å². The highest BCUT2D eigenvalue weighted by Crippen LogP contribution is 2.28. The molecule has 5 nitrogen and oxygen atoms in total. The van der Waals surface area contributed by atoms with E-state index in [9.17, 15) is 9.59 Å². The van der Waals surface area contributed by atoms with Gasteiger partial charge in [-0.1, -0.05) is 26.0 Å². The van der Waals surface area contributed by atoms with E-state index >= 15 is 0 Å². The number of hydrogen-bond donors (Lipinski definition) is 2. The fourth-order valence-electron chi connectivity index (χ4n) is 2.60. The van der Waals surface area contributed by atoms with Gasteiger partial charge >= 0.3 is 0 Å². The van der Waals surface area contributed by atoms with Crippen molar-refractivity contribution in [3.8, 4) is 16.5 Å². The van der Waals surface area contributed by atoms with Crippen LogP contribution in [-0.4, -0.2) is 24.4 Å². The number of aryl methyl sites for hydroxylation is 1. The topological polar surface area (TPSA) is 82.0 Å². The number of hydrogen-bond acceptors (Lipinski definition) is 4. The molecule has 0 saturated carbocycles. The van der Waals surface area contributed by atoms with Gasteiger partial charge in [0.25, 0.3) is 5.91 Å². The van der Waals surface area contributed by atoms with Crippen LogP contribution < -0.4 is 10.6 Å². The van der Waals surface area contributed by atoms with Gasteiger partial charge in [0.05, 0.1) is 6.07 Å². The maximum Gasteiger partial charge on any atom is 0.251 e. The third kappa shape index (κ3) is 5.43. The summed E-state index contributed by atoms with van der Waals surface area (Å²) in [4.78, 5) is 27.2. The molecule has 1 aromatic heterocycles. The van der Waals surface area contributed by atoms with E-state index in [-0.39, 0.29) is 24.3 Å². The number of carbonyl (C=O) groups is 2. The summed E-state index contributed by atoms with van der Waals surface area (Å²) in [6.45, 7) is 5.94. The van der Waals surface area contributed by atoms with E-state index in [0.29, 0.717) is 12.0 Å². The van der Waals surface area contributed by atoms with Gasteiger partial charge in [-0.3, -0.25) is 9.59 Å². The minimum atomic E-state index is -0.663. The molecule has 6 heteroatoms. The van der Waals surface area contributed by atoms with Crippen LogP contribution in [0.15, 0.2) is 36.4 Å². The van der Waals surface area contributed by atoms with E-state index in [1.165, 1.54) is 4.88 Å². The second-order valence-corrected chi connectivity index (χ2v) is 7.81. The summed E-state index contributed by atoms with van der Waals surface area (Å²) in [5.74, 6) is -0.398. The first-order valence-corrected chi connectivity index (χ1v) is 9.34. The molecule has 2 amide bonds. The molecule has 1 atom stereocenters. The molecule has 2 N–H and O–H groups in total. The van der Waals surface area contributed by atoms with Gasteiger partial charge in [0, 0.05) is 15.3 Å². The molecule has 2 aromatic rings. The van der Waals surface area contributed by atoms with Gasteiger partial charge < -0.3 is 10.6 Å². The SMILES string of the molecule is Cc1ccc(-c2cccc(C(=O)N[C@@H](CC(C)C)C(=O)NCC#N)c2)s1. The lowest BCUT2D eigenvalue weighted by molar-refractivity contribution is -0.123. The van der Waals surface area contributed by atoms with Gasteiger partial charge in [-0.2, -0.15) is 5.26 Å². The summed E-state index contributed by atoms with van der Waals surface area (Å²) in [5.41, 5.74) is 1.49. The van der Waals surface area contributed by atoms with Crippen molar-refractivity contribution in [2.45, 2.75) is 33.2 Å². The van der Waals surface area contributed by atoms with Gasteiger partial charge in [0.1, 0.15) is 12.6 Å². The third-order valence-electron chi connectivity index (χ3n) is 3.82. The van der Waals surface area contributed by atoms with E-state index in [1.807, 2.05) is 57.2 Å². The molecular weight excluding hydrogens is 346 g/mol. The summed E-state index contributed by atoms with van der Waals surface area (Å²) < 4.78 is 0. The molecular formula is C20H23N3O2S. The zero-order valence-corrected chi connectivity index (χ0v) is 16.0. The number of nitrogens with one attached hydrogen (secondary N) is 2. The predicted molar refractivity (Wildman–Crippen MR) is 104 cm³/mol. The maximum atomic E-state index is 12.7. The molecule has 0 aliphatic carbocycles. The highest BCUT2D eigenvalue weighted by atomic mass is 32.1. The minimum absolute atomic E-state index is 0.0729. The molecule has 0 radical (unpaired) electrons. The number of benzene rings is 1. The Balaban J connectivity index is 2.15. The molecule has 136 valence electrons. The van der Waals surface area contributed by atoms with E-state index < -0.39 is 6.04 Å². The maximum absolute atomic E-state index is 12.7. The molecule has 0 aliphatic rings. The Morgan fingerprint density at radius 2 is 2.00 bits per heavy atom. The Bertz CT molecular complexity index is 820. The van der Waals surface area contributed by atoms with E-state index in [4.69, 9.17) is 5.26 Å². The first kappa shape index (κ1) is 19.7. The molecule has 0 spiro atoms.